The molecule has 2 aromatic rings. The number of ether oxygens (including phenoxy) is 1. The van der Waals surface area contributed by atoms with Crippen molar-refractivity contribution < 1.29 is 13.5 Å². The lowest BCUT2D eigenvalue weighted by atomic mass is 9.78. The van der Waals surface area contributed by atoms with Crippen LogP contribution in [0.5, 0.6) is 5.88 Å². The van der Waals surface area contributed by atoms with Gasteiger partial charge in [0.15, 0.2) is 0 Å². The van der Waals surface area contributed by atoms with Crippen LogP contribution in [0.4, 0.5) is 8.78 Å². The smallest absolute Gasteiger partial charge is 0.244 e. The van der Waals surface area contributed by atoms with Gasteiger partial charge in [-0.05, 0) is 6.07 Å². The van der Waals surface area contributed by atoms with Crippen LogP contribution in [0.15, 0.2) is 29.7 Å². The highest BCUT2D eigenvalue weighted by molar-refractivity contribution is 5.56. The van der Waals surface area contributed by atoms with Gasteiger partial charge in [-0.2, -0.15) is 5.26 Å². The molecule has 7 heteroatoms. The number of fused-ring (bicyclic) bond motifs is 1. The molecule has 0 saturated carbocycles. The third-order valence-corrected chi connectivity index (χ3v) is 3.96. The minimum Gasteiger partial charge on any atom is -0.420 e. The van der Waals surface area contributed by atoms with E-state index >= 15 is 0 Å². The highest BCUT2D eigenvalue weighted by atomic mass is 19.1. The zero-order valence-corrected chi connectivity index (χ0v) is 13.4. The van der Waals surface area contributed by atoms with E-state index in [9.17, 15) is 14.0 Å². The minimum absolute atomic E-state index is 0.0694. The first kappa shape index (κ1) is 16.0. The van der Waals surface area contributed by atoms with Crippen molar-refractivity contribution in [3.05, 3.63) is 58.1 Å². The summed E-state index contributed by atoms with van der Waals surface area (Å²) in [6.45, 7) is 5.85. The van der Waals surface area contributed by atoms with Crippen molar-refractivity contribution in [3.63, 3.8) is 0 Å². The summed E-state index contributed by atoms with van der Waals surface area (Å²) in [4.78, 5) is 0. The summed E-state index contributed by atoms with van der Waals surface area (Å²) in [5.74, 6) is -2.19. The number of nitrogens with one attached hydrogen (secondary N) is 1. The summed E-state index contributed by atoms with van der Waals surface area (Å²) in [6, 6.07) is 5.23. The SMILES string of the molecule is CC(C)(C)c1[nH]nc2c1C(c1ccc(F)cc1F)C(C#N)=C(N)O2. The van der Waals surface area contributed by atoms with Gasteiger partial charge in [-0.25, -0.2) is 8.78 Å². The van der Waals surface area contributed by atoms with E-state index in [1.54, 1.807) is 0 Å². The number of hydrogen-bond donors (Lipinski definition) is 2. The quantitative estimate of drug-likeness (QED) is 0.840. The van der Waals surface area contributed by atoms with Gasteiger partial charge < -0.3 is 10.5 Å². The second-order valence-electron chi connectivity index (χ2n) is 6.66. The average molecular weight is 330 g/mol. The normalized spacial score (nSPS) is 17.2. The van der Waals surface area contributed by atoms with Crippen molar-refractivity contribution in [1.29, 1.82) is 5.26 Å². The maximum absolute atomic E-state index is 14.4. The molecule has 0 bridgehead atoms. The molecule has 3 N–H and O–H groups in total. The summed E-state index contributed by atoms with van der Waals surface area (Å²) in [5.41, 5.74) is 6.92. The van der Waals surface area contributed by atoms with Crippen LogP contribution in [0.3, 0.4) is 0 Å². The van der Waals surface area contributed by atoms with Crippen LogP contribution < -0.4 is 10.5 Å². The third-order valence-electron chi connectivity index (χ3n) is 3.96. The molecule has 5 nitrogen and oxygen atoms in total. The Balaban J connectivity index is 2.31. The number of allylic oxidation sites excluding steroid dienone is 1. The maximum atomic E-state index is 14.4. The fraction of sp³-hybridized carbons (Fsp3) is 0.294. The van der Waals surface area contributed by atoms with Gasteiger partial charge in [0.2, 0.25) is 11.8 Å². The van der Waals surface area contributed by atoms with Gasteiger partial charge in [0, 0.05) is 22.7 Å². The van der Waals surface area contributed by atoms with Gasteiger partial charge >= 0.3 is 0 Å². The van der Waals surface area contributed by atoms with Crippen LogP contribution in [-0.4, -0.2) is 10.2 Å². The molecule has 1 aromatic heterocycles. The van der Waals surface area contributed by atoms with E-state index in [-0.39, 0.29) is 28.3 Å². The first-order chi connectivity index (χ1) is 11.2. The molecular weight excluding hydrogens is 314 g/mol. The Bertz CT molecular complexity index is 887. The van der Waals surface area contributed by atoms with E-state index in [1.165, 1.54) is 6.07 Å². The van der Waals surface area contributed by atoms with Crippen molar-refractivity contribution in [2.45, 2.75) is 32.1 Å². The molecule has 0 amide bonds. The molecular formula is C17H16F2N4O. The Morgan fingerprint density at radius 2 is 2.04 bits per heavy atom. The molecule has 2 heterocycles. The van der Waals surface area contributed by atoms with Crippen LogP contribution in [0.25, 0.3) is 0 Å². The van der Waals surface area contributed by atoms with E-state index in [0.29, 0.717) is 11.3 Å². The van der Waals surface area contributed by atoms with E-state index in [2.05, 4.69) is 10.2 Å². The summed E-state index contributed by atoms with van der Waals surface area (Å²) < 4.78 is 33.1. The van der Waals surface area contributed by atoms with Gasteiger partial charge in [0.25, 0.3) is 0 Å². The molecule has 0 spiro atoms. The van der Waals surface area contributed by atoms with Crippen molar-refractivity contribution in [3.8, 4) is 11.9 Å². The number of hydrogen-bond acceptors (Lipinski definition) is 4. The summed E-state index contributed by atoms with van der Waals surface area (Å²) >= 11 is 0. The molecule has 1 atom stereocenters. The molecule has 1 unspecified atom stereocenters. The molecule has 3 rings (SSSR count). The fourth-order valence-corrected chi connectivity index (χ4v) is 2.86. The van der Waals surface area contributed by atoms with Gasteiger partial charge in [-0.15, -0.1) is 5.10 Å². The molecule has 0 saturated heterocycles. The topological polar surface area (TPSA) is 87.7 Å². The zero-order chi connectivity index (χ0) is 17.6. The Morgan fingerprint density at radius 1 is 1.33 bits per heavy atom. The molecule has 1 aliphatic heterocycles. The predicted molar refractivity (Wildman–Crippen MR) is 82.9 cm³/mol. The van der Waals surface area contributed by atoms with E-state index in [0.717, 1.165) is 12.1 Å². The molecule has 124 valence electrons. The maximum Gasteiger partial charge on any atom is 0.244 e. The second kappa shape index (κ2) is 5.34. The lowest BCUT2D eigenvalue weighted by molar-refractivity contribution is 0.377. The van der Waals surface area contributed by atoms with Crippen LogP contribution in [0.2, 0.25) is 0 Å². The zero-order valence-electron chi connectivity index (χ0n) is 13.4. The summed E-state index contributed by atoms with van der Waals surface area (Å²) in [6.07, 6.45) is 0. The first-order valence-electron chi connectivity index (χ1n) is 7.35. The van der Waals surface area contributed by atoms with E-state index in [4.69, 9.17) is 10.5 Å². The number of nitriles is 1. The lowest BCUT2D eigenvalue weighted by Gasteiger charge is -2.27. The fourth-order valence-electron chi connectivity index (χ4n) is 2.86. The van der Waals surface area contributed by atoms with Crippen molar-refractivity contribution in [1.82, 2.24) is 10.2 Å². The van der Waals surface area contributed by atoms with Crippen molar-refractivity contribution in [2.24, 2.45) is 5.73 Å². The molecule has 1 aliphatic rings. The van der Waals surface area contributed by atoms with Crippen LogP contribution in [-0.2, 0) is 5.41 Å². The predicted octanol–water partition coefficient (Wildman–Crippen LogP) is 3.20. The summed E-state index contributed by atoms with van der Waals surface area (Å²) in [5, 5.41) is 16.5. The molecule has 24 heavy (non-hydrogen) atoms. The van der Waals surface area contributed by atoms with Crippen LogP contribution in [0, 0.1) is 23.0 Å². The lowest BCUT2D eigenvalue weighted by Crippen LogP contribution is -2.24. The highest BCUT2D eigenvalue weighted by Crippen LogP contribution is 2.46. The Hall–Kier alpha value is -2.88. The third kappa shape index (κ3) is 2.40. The minimum atomic E-state index is -0.813. The van der Waals surface area contributed by atoms with Crippen LogP contribution >= 0.6 is 0 Å². The Labute approximate surface area is 137 Å². The van der Waals surface area contributed by atoms with Gasteiger partial charge in [0.1, 0.15) is 23.3 Å². The number of aromatic amines is 1. The van der Waals surface area contributed by atoms with Crippen LogP contribution in [0.1, 0.15) is 43.5 Å². The monoisotopic (exact) mass is 330 g/mol. The number of H-pyrrole nitrogens is 1. The largest absolute Gasteiger partial charge is 0.420 e. The molecule has 0 radical (unpaired) electrons. The molecule has 1 aromatic carbocycles. The average Bonchev–Trinajstić information content (AvgIpc) is 2.89. The molecule has 0 aliphatic carbocycles. The van der Waals surface area contributed by atoms with Crippen molar-refractivity contribution in [2.75, 3.05) is 0 Å². The van der Waals surface area contributed by atoms with Crippen molar-refractivity contribution >= 4 is 0 Å². The number of benzene rings is 1. The number of nitrogens with zero attached hydrogens (tertiary/aromatic N) is 2. The Kier molecular flexibility index (Phi) is 3.56. The number of aromatic nitrogens is 2. The number of halogens is 2. The van der Waals surface area contributed by atoms with Gasteiger partial charge in [-0.1, -0.05) is 26.8 Å². The van der Waals surface area contributed by atoms with Gasteiger partial charge in [-0.3, -0.25) is 5.10 Å². The highest BCUT2D eigenvalue weighted by Gasteiger charge is 2.39. The first-order valence-corrected chi connectivity index (χ1v) is 7.35. The summed E-state index contributed by atoms with van der Waals surface area (Å²) in [7, 11) is 0. The standard InChI is InChI=1S/C17H16F2N4O/c1-17(2,3)14-13-12(9-5-4-8(18)6-11(9)19)10(7-20)15(21)24-16(13)23-22-14/h4-6,12H,21H2,1-3H3,(H,22,23). The number of rotatable bonds is 1. The Morgan fingerprint density at radius 3 is 2.62 bits per heavy atom. The molecule has 0 fully saturated rings. The van der Waals surface area contributed by atoms with E-state index < -0.39 is 17.6 Å². The second-order valence-corrected chi connectivity index (χ2v) is 6.66. The van der Waals surface area contributed by atoms with Gasteiger partial charge in [0.05, 0.1) is 11.5 Å². The van der Waals surface area contributed by atoms with E-state index in [1.807, 2.05) is 26.8 Å². The number of nitrogens with two attached hydrogens (primary N) is 1.